The number of halogens is 2. The monoisotopic (exact) mass is 351 g/mol. The number of benzene rings is 3. The van der Waals surface area contributed by atoms with Gasteiger partial charge in [0.2, 0.25) is 0 Å². The quantitative estimate of drug-likeness (QED) is 0.526. The van der Waals surface area contributed by atoms with E-state index in [4.69, 9.17) is 4.99 Å². The highest BCUT2D eigenvalue weighted by Crippen LogP contribution is 2.45. The zero-order valence-electron chi connectivity index (χ0n) is 13.3. The molecule has 0 aliphatic carbocycles. The van der Waals surface area contributed by atoms with Crippen molar-refractivity contribution in [2.75, 3.05) is 0 Å². The molecule has 0 N–H and O–H groups in total. The minimum absolute atomic E-state index is 0.119. The third-order valence-electron chi connectivity index (χ3n) is 4.19. The van der Waals surface area contributed by atoms with Crippen LogP contribution in [0.25, 0.3) is 0 Å². The minimum Gasteiger partial charge on any atom is -0.252 e. The molecule has 0 saturated heterocycles. The summed E-state index contributed by atoms with van der Waals surface area (Å²) in [7, 11) is 0. The second-order valence-electron chi connectivity index (χ2n) is 5.90. The Morgan fingerprint density at radius 1 is 0.800 bits per heavy atom. The number of rotatable bonds is 2. The molecule has 124 valence electrons. The van der Waals surface area contributed by atoms with E-state index in [0.29, 0.717) is 6.42 Å². The number of nitrogens with zero attached hydrogens (tertiary/aromatic N) is 1. The van der Waals surface area contributed by atoms with Gasteiger partial charge in [-0.15, -0.1) is 11.8 Å². The van der Waals surface area contributed by atoms with Gasteiger partial charge >= 0.3 is 0 Å². The van der Waals surface area contributed by atoms with Gasteiger partial charge in [0.25, 0.3) is 0 Å². The number of hydrogen-bond acceptors (Lipinski definition) is 2. The molecule has 0 bridgehead atoms. The smallest absolute Gasteiger partial charge is 0.123 e. The molecule has 3 aromatic carbocycles. The summed E-state index contributed by atoms with van der Waals surface area (Å²) in [6.45, 7) is 0. The molecule has 0 amide bonds. The first-order valence-electron chi connectivity index (χ1n) is 8.04. The SMILES string of the molecule is Fc1ccc(C2=Nc3ccccc3SC(c3ccc(F)cc3)C2)cc1. The van der Waals surface area contributed by atoms with Crippen LogP contribution in [0.1, 0.15) is 22.8 Å². The fourth-order valence-corrected chi connectivity index (χ4v) is 4.13. The zero-order valence-corrected chi connectivity index (χ0v) is 14.1. The summed E-state index contributed by atoms with van der Waals surface area (Å²) in [6, 6.07) is 21.0. The van der Waals surface area contributed by atoms with Crippen LogP contribution in [0.15, 0.2) is 82.7 Å². The molecule has 25 heavy (non-hydrogen) atoms. The van der Waals surface area contributed by atoms with Crippen molar-refractivity contribution >= 4 is 23.2 Å². The molecular weight excluding hydrogens is 336 g/mol. The molecule has 4 rings (SSSR count). The van der Waals surface area contributed by atoms with Crippen molar-refractivity contribution in [2.45, 2.75) is 16.6 Å². The first-order chi connectivity index (χ1) is 12.2. The van der Waals surface area contributed by atoms with Gasteiger partial charge in [0, 0.05) is 22.3 Å². The second-order valence-corrected chi connectivity index (χ2v) is 7.14. The summed E-state index contributed by atoms with van der Waals surface area (Å²) in [5.74, 6) is -0.502. The Bertz CT molecular complexity index is 917. The van der Waals surface area contributed by atoms with Gasteiger partial charge in [0.15, 0.2) is 0 Å². The lowest BCUT2D eigenvalue weighted by molar-refractivity contribution is 0.627. The Kier molecular flexibility index (Phi) is 4.36. The first-order valence-corrected chi connectivity index (χ1v) is 8.92. The molecule has 0 radical (unpaired) electrons. The van der Waals surface area contributed by atoms with Gasteiger partial charge in [0.05, 0.1) is 5.69 Å². The summed E-state index contributed by atoms with van der Waals surface area (Å²) in [4.78, 5) is 5.92. The van der Waals surface area contributed by atoms with E-state index in [-0.39, 0.29) is 16.9 Å². The Labute approximate surface area is 149 Å². The van der Waals surface area contributed by atoms with Crippen molar-refractivity contribution in [1.82, 2.24) is 0 Å². The lowest BCUT2D eigenvalue weighted by Crippen LogP contribution is -2.05. The lowest BCUT2D eigenvalue weighted by Gasteiger charge is -2.16. The summed E-state index contributed by atoms with van der Waals surface area (Å²) in [6.07, 6.45) is 0.691. The van der Waals surface area contributed by atoms with Gasteiger partial charge in [-0.25, -0.2) is 8.78 Å². The van der Waals surface area contributed by atoms with E-state index in [2.05, 4.69) is 0 Å². The van der Waals surface area contributed by atoms with E-state index in [0.717, 1.165) is 27.4 Å². The van der Waals surface area contributed by atoms with E-state index in [9.17, 15) is 8.78 Å². The molecular formula is C21H15F2NS. The van der Waals surface area contributed by atoms with Gasteiger partial charge in [-0.3, -0.25) is 4.99 Å². The van der Waals surface area contributed by atoms with Gasteiger partial charge in [-0.05, 0) is 47.5 Å². The maximum absolute atomic E-state index is 13.3. The molecule has 4 heteroatoms. The average Bonchev–Trinajstić information content (AvgIpc) is 2.82. The number of aliphatic imine (C=N–C) groups is 1. The molecule has 1 aliphatic rings. The average molecular weight is 351 g/mol. The van der Waals surface area contributed by atoms with E-state index in [1.165, 1.54) is 24.3 Å². The van der Waals surface area contributed by atoms with E-state index in [1.807, 2.05) is 36.4 Å². The van der Waals surface area contributed by atoms with Crippen molar-refractivity contribution in [3.63, 3.8) is 0 Å². The predicted molar refractivity (Wildman–Crippen MR) is 98.7 cm³/mol. The van der Waals surface area contributed by atoms with Crippen LogP contribution in [-0.2, 0) is 0 Å². The van der Waals surface area contributed by atoms with Crippen LogP contribution >= 0.6 is 11.8 Å². The normalized spacial score (nSPS) is 16.7. The maximum atomic E-state index is 13.3. The van der Waals surface area contributed by atoms with Gasteiger partial charge in [-0.1, -0.05) is 36.4 Å². The molecule has 0 fully saturated rings. The third kappa shape index (κ3) is 3.49. The Morgan fingerprint density at radius 2 is 1.44 bits per heavy atom. The Balaban J connectivity index is 1.78. The maximum Gasteiger partial charge on any atom is 0.123 e. The summed E-state index contributed by atoms with van der Waals surface area (Å²) < 4.78 is 26.6. The fourth-order valence-electron chi connectivity index (χ4n) is 2.90. The predicted octanol–water partition coefficient (Wildman–Crippen LogP) is 6.32. The zero-order chi connectivity index (χ0) is 17.2. The number of para-hydroxylation sites is 1. The van der Waals surface area contributed by atoms with Crippen molar-refractivity contribution in [2.24, 2.45) is 4.99 Å². The van der Waals surface area contributed by atoms with Crippen molar-refractivity contribution in [3.05, 3.63) is 95.6 Å². The largest absolute Gasteiger partial charge is 0.252 e. The third-order valence-corrected chi connectivity index (χ3v) is 5.51. The van der Waals surface area contributed by atoms with Crippen LogP contribution < -0.4 is 0 Å². The van der Waals surface area contributed by atoms with Gasteiger partial charge in [-0.2, -0.15) is 0 Å². The van der Waals surface area contributed by atoms with Crippen molar-refractivity contribution in [3.8, 4) is 0 Å². The lowest BCUT2D eigenvalue weighted by atomic mass is 10.0. The van der Waals surface area contributed by atoms with Crippen LogP contribution in [0.4, 0.5) is 14.5 Å². The minimum atomic E-state index is -0.261. The molecule has 0 spiro atoms. The molecule has 0 aromatic heterocycles. The van der Waals surface area contributed by atoms with Crippen LogP contribution in [0.2, 0.25) is 0 Å². The first kappa shape index (κ1) is 16.0. The molecule has 1 unspecified atom stereocenters. The van der Waals surface area contributed by atoms with E-state index < -0.39 is 0 Å². The number of thioether (sulfide) groups is 1. The summed E-state index contributed by atoms with van der Waals surface area (Å²) in [5, 5.41) is 0.119. The highest BCUT2D eigenvalue weighted by molar-refractivity contribution is 7.99. The Morgan fingerprint density at radius 3 is 2.16 bits per heavy atom. The molecule has 0 saturated carbocycles. The van der Waals surface area contributed by atoms with Crippen LogP contribution in [0.3, 0.4) is 0 Å². The summed E-state index contributed by atoms with van der Waals surface area (Å²) >= 11 is 1.73. The molecule has 1 aliphatic heterocycles. The van der Waals surface area contributed by atoms with Crippen molar-refractivity contribution < 1.29 is 8.78 Å². The van der Waals surface area contributed by atoms with Crippen LogP contribution in [0, 0.1) is 11.6 Å². The highest BCUT2D eigenvalue weighted by atomic mass is 32.2. The number of hydrogen-bond donors (Lipinski definition) is 0. The Hall–Kier alpha value is -2.46. The standard InChI is InChI=1S/C21H15F2NS/c22-16-9-5-14(6-10-16)19-13-21(15-7-11-17(23)12-8-15)25-20-4-2-1-3-18(20)24-19/h1-12,21H,13H2. The van der Waals surface area contributed by atoms with Crippen LogP contribution in [-0.4, -0.2) is 5.71 Å². The molecule has 1 heterocycles. The molecule has 3 aromatic rings. The molecule has 1 nitrogen and oxygen atoms in total. The molecule has 1 atom stereocenters. The van der Waals surface area contributed by atoms with E-state index >= 15 is 0 Å². The topological polar surface area (TPSA) is 12.4 Å². The summed E-state index contributed by atoms with van der Waals surface area (Å²) in [5.41, 5.74) is 3.78. The van der Waals surface area contributed by atoms with E-state index in [1.54, 1.807) is 23.9 Å². The number of fused-ring (bicyclic) bond motifs is 1. The van der Waals surface area contributed by atoms with Gasteiger partial charge < -0.3 is 0 Å². The fraction of sp³-hybridized carbons (Fsp3) is 0.0952. The van der Waals surface area contributed by atoms with Crippen LogP contribution in [0.5, 0.6) is 0 Å². The van der Waals surface area contributed by atoms with Gasteiger partial charge in [0.1, 0.15) is 11.6 Å². The second kappa shape index (κ2) is 6.81. The van der Waals surface area contributed by atoms with Crippen molar-refractivity contribution in [1.29, 1.82) is 0 Å². The highest BCUT2D eigenvalue weighted by Gasteiger charge is 2.22.